The first-order valence-corrected chi connectivity index (χ1v) is 10.6. The van der Waals surface area contributed by atoms with Crippen molar-refractivity contribution in [3.05, 3.63) is 71.8 Å². The van der Waals surface area contributed by atoms with E-state index in [2.05, 4.69) is 40.2 Å². The number of methoxy groups -OCH3 is 1. The summed E-state index contributed by atoms with van der Waals surface area (Å²) in [7, 11) is 1.62. The number of carbonyl (C=O) groups is 1. The van der Waals surface area contributed by atoms with Crippen molar-refractivity contribution >= 4 is 5.91 Å². The molecule has 8 nitrogen and oxygen atoms in total. The highest BCUT2D eigenvalue weighted by atomic mass is 16.5. The van der Waals surface area contributed by atoms with Gasteiger partial charge in [0.25, 0.3) is 5.91 Å². The number of hydrogen-bond acceptors (Lipinski definition) is 4. The summed E-state index contributed by atoms with van der Waals surface area (Å²) in [5, 5.41) is 12.1. The maximum atomic E-state index is 13.3. The second kappa shape index (κ2) is 7.40. The fourth-order valence-electron chi connectivity index (χ4n) is 4.15. The van der Waals surface area contributed by atoms with Gasteiger partial charge in [0.2, 0.25) is 0 Å². The standard InChI is InChI=1S/C24H26N6O2/c1-24(2,3)30-22(28-11-7-8-12-28)17-14-29(15-20(17)27-30)23(31)19-13-18(25-26-19)16-9-5-6-10-21(16)32-4/h5-13H,14-15H2,1-4H3,(H,25,26). The molecule has 1 N–H and O–H groups in total. The first-order valence-electron chi connectivity index (χ1n) is 10.6. The number of nitrogens with zero attached hydrogens (tertiary/aromatic N) is 5. The van der Waals surface area contributed by atoms with Crippen LogP contribution in [0.15, 0.2) is 54.9 Å². The molecule has 1 aromatic carbocycles. The van der Waals surface area contributed by atoms with E-state index in [0.717, 1.165) is 22.6 Å². The van der Waals surface area contributed by atoms with Crippen LogP contribution >= 0.6 is 0 Å². The van der Waals surface area contributed by atoms with Gasteiger partial charge in [0.15, 0.2) is 0 Å². The van der Waals surface area contributed by atoms with Crippen molar-refractivity contribution in [3.8, 4) is 22.8 Å². The lowest BCUT2D eigenvalue weighted by atomic mass is 10.1. The Morgan fingerprint density at radius 3 is 2.56 bits per heavy atom. The van der Waals surface area contributed by atoms with Crippen LogP contribution in [0.1, 0.15) is 42.5 Å². The molecule has 0 unspecified atom stereocenters. The molecule has 0 saturated carbocycles. The van der Waals surface area contributed by atoms with Crippen molar-refractivity contribution in [1.82, 2.24) is 29.4 Å². The van der Waals surface area contributed by atoms with E-state index in [9.17, 15) is 4.79 Å². The zero-order chi connectivity index (χ0) is 22.5. The van der Waals surface area contributed by atoms with E-state index in [0.29, 0.717) is 30.2 Å². The molecule has 0 bridgehead atoms. The molecule has 4 aromatic rings. The monoisotopic (exact) mass is 430 g/mol. The number of benzene rings is 1. The molecule has 32 heavy (non-hydrogen) atoms. The summed E-state index contributed by atoms with van der Waals surface area (Å²) in [6.07, 6.45) is 4.02. The number of nitrogens with one attached hydrogen (secondary N) is 1. The van der Waals surface area contributed by atoms with Gasteiger partial charge in [-0.25, -0.2) is 4.68 Å². The zero-order valence-corrected chi connectivity index (χ0v) is 18.7. The van der Waals surface area contributed by atoms with Gasteiger partial charge in [-0.15, -0.1) is 0 Å². The molecule has 3 aromatic heterocycles. The average molecular weight is 431 g/mol. The van der Waals surface area contributed by atoms with Crippen LogP contribution in [-0.4, -0.2) is 42.5 Å². The summed E-state index contributed by atoms with van der Waals surface area (Å²) in [4.78, 5) is 15.1. The summed E-state index contributed by atoms with van der Waals surface area (Å²) < 4.78 is 9.55. The minimum absolute atomic E-state index is 0.0996. The largest absolute Gasteiger partial charge is 0.496 e. The minimum Gasteiger partial charge on any atom is -0.496 e. The number of ether oxygens (including phenoxy) is 1. The third-order valence-corrected chi connectivity index (χ3v) is 5.69. The van der Waals surface area contributed by atoms with Gasteiger partial charge in [0.1, 0.15) is 17.3 Å². The van der Waals surface area contributed by atoms with Gasteiger partial charge in [-0.3, -0.25) is 9.89 Å². The Morgan fingerprint density at radius 1 is 1.09 bits per heavy atom. The lowest BCUT2D eigenvalue weighted by Gasteiger charge is -2.24. The van der Waals surface area contributed by atoms with Crippen LogP contribution in [0.4, 0.5) is 0 Å². The fourth-order valence-corrected chi connectivity index (χ4v) is 4.15. The van der Waals surface area contributed by atoms with E-state index in [1.807, 2.05) is 48.8 Å². The average Bonchev–Trinajstić information content (AvgIpc) is 3.55. The maximum Gasteiger partial charge on any atom is 0.272 e. The number of amides is 1. The van der Waals surface area contributed by atoms with E-state index in [-0.39, 0.29) is 11.4 Å². The van der Waals surface area contributed by atoms with Gasteiger partial charge >= 0.3 is 0 Å². The van der Waals surface area contributed by atoms with Crippen LogP contribution in [0.25, 0.3) is 17.1 Å². The van der Waals surface area contributed by atoms with Crippen LogP contribution in [0.3, 0.4) is 0 Å². The quantitative estimate of drug-likeness (QED) is 0.531. The van der Waals surface area contributed by atoms with E-state index >= 15 is 0 Å². The van der Waals surface area contributed by atoms with Gasteiger partial charge in [-0.2, -0.15) is 10.2 Å². The minimum atomic E-state index is -0.175. The Kier molecular flexibility index (Phi) is 4.65. The summed E-state index contributed by atoms with van der Waals surface area (Å²) >= 11 is 0. The Morgan fingerprint density at radius 2 is 1.84 bits per heavy atom. The number of para-hydroxylation sites is 1. The predicted molar refractivity (Wildman–Crippen MR) is 121 cm³/mol. The first kappa shape index (κ1) is 20.1. The van der Waals surface area contributed by atoms with Crippen molar-refractivity contribution in [3.63, 3.8) is 0 Å². The summed E-state index contributed by atoms with van der Waals surface area (Å²) in [5.41, 5.74) is 3.80. The van der Waals surface area contributed by atoms with Gasteiger partial charge in [0, 0.05) is 23.5 Å². The smallest absolute Gasteiger partial charge is 0.272 e. The number of H-pyrrole nitrogens is 1. The van der Waals surface area contributed by atoms with Crippen molar-refractivity contribution < 1.29 is 9.53 Å². The topological polar surface area (TPSA) is 81.0 Å². The van der Waals surface area contributed by atoms with Crippen molar-refractivity contribution in [2.45, 2.75) is 39.4 Å². The van der Waals surface area contributed by atoms with E-state index in [4.69, 9.17) is 9.84 Å². The van der Waals surface area contributed by atoms with Crippen LogP contribution in [0, 0.1) is 0 Å². The summed E-state index contributed by atoms with van der Waals surface area (Å²) in [6.45, 7) is 7.37. The highest BCUT2D eigenvalue weighted by molar-refractivity contribution is 5.94. The number of rotatable bonds is 4. The Hall–Kier alpha value is -3.81. The zero-order valence-electron chi connectivity index (χ0n) is 18.7. The summed E-state index contributed by atoms with van der Waals surface area (Å²) in [6, 6.07) is 13.4. The molecular weight excluding hydrogens is 404 g/mol. The van der Waals surface area contributed by atoms with Gasteiger partial charge in [-0.1, -0.05) is 12.1 Å². The van der Waals surface area contributed by atoms with Gasteiger partial charge < -0.3 is 14.2 Å². The molecule has 4 heterocycles. The van der Waals surface area contributed by atoms with Crippen LogP contribution < -0.4 is 4.74 Å². The maximum absolute atomic E-state index is 13.3. The second-order valence-corrected chi connectivity index (χ2v) is 8.95. The molecule has 0 atom stereocenters. The molecule has 0 saturated heterocycles. The van der Waals surface area contributed by atoms with Crippen LogP contribution in [0.2, 0.25) is 0 Å². The molecule has 164 valence electrons. The van der Waals surface area contributed by atoms with Gasteiger partial charge in [0.05, 0.1) is 37.1 Å². The molecule has 1 amide bonds. The molecule has 8 heteroatoms. The van der Waals surface area contributed by atoms with Crippen molar-refractivity contribution in [1.29, 1.82) is 0 Å². The normalized spacial score (nSPS) is 13.4. The summed E-state index contributed by atoms with van der Waals surface area (Å²) in [5.74, 6) is 1.62. The molecule has 0 spiro atoms. The SMILES string of the molecule is COc1ccccc1-c1cc(C(=O)N2Cc3nn(C(C)(C)C)c(-n4cccc4)c3C2)[nH]n1. The number of carbonyl (C=O) groups excluding carboxylic acids is 1. The molecule has 0 fully saturated rings. The van der Waals surface area contributed by atoms with E-state index in [1.165, 1.54) is 0 Å². The van der Waals surface area contributed by atoms with Gasteiger partial charge in [-0.05, 0) is 51.1 Å². The molecule has 1 aliphatic heterocycles. The highest BCUT2D eigenvalue weighted by Crippen LogP contribution is 2.33. The molecular formula is C24H26N6O2. The Balaban J connectivity index is 1.44. The first-order chi connectivity index (χ1) is 15.4. The predicted octanol–water partition coefficient (Wildman–Crippen LogP) is 3.98. The van der Waals surface area contributed by atoms with E-state index < -0.39 is 0 Å². The van der Waals surface area contributed by atoms with Crippen LogP contribution in [-0.2, 0) is 18.6 Å². The number of hydrogen-bond donors (Lipinski definition) is 1. The van der Waals surface area contributed by atoms with E-state index in [1.54, 1.807) is 18.1 Å². The lowest BCUT2D eigenvalue weighted by Crippen LogP contribution is -2.29. The molecule has 0 radical (unpaired) electrons. The Labute approximate surface area is 186 Å². The van der Waals surface area contributed by atoms with Crippen LogP contribution in [0.5, 0.6) is 5.75 Å². The number of aromatic nitrogens is 5. The molecule has 5 rings (SSSR count). The van der Waals surface area contributed by atoms with Crippen molar-refractivity contribution in [2.24, 2.45) is 0 Å². The molecule has 1 aliphatic rings. The highest BCUT2D eigenvalue weighted by Gasteiger charge is 2.34. The third-order valence-electron chi connectivity index (χ3n) is 5.69. The number of fused-ring (bicyclic) bond motifs is 1. The van der Waals surface area contributed by atoms with Crippen molar-refractivity contribution in [2.75, 3.05) is 7.11 Å². The fraction of sp³-hybridized carbons (Fsp3) is 0.292. The second-order valence-electron chi connectivity index (χ2n) is 8.95. The molecule has 0 aliphatic carbocycles. The number of aromatic amines is 1. The Bertz CT molecular complexity index is 1280. The third kappa shape index (κ3) is 3.28. The lowest BCUT2D eigenvalue weighted by molar-refractivity contribution is 0.0742.